The van der Waals surface area contributed by atoms with Crippen LogP contribution in [0.15, 0.2) is 40.9 Å². The normalized spacial score (nSPS) is 11.2. The number of halogens is 4. The lowest BCUT2D eigenvalue weighted by Crippen LogP contribution is -2.31. The molecule has 1 atom stereocenters. The van der Waals surface area contributed by atoms with Crippen LogP contribution in [0.3, 0.4) is 0 Å². The number of nitrogens with one attached hydrogen (secondary N) is 2. The lowest BCUT2D eigenvalue weighted by Gasteiger charge is -2.16. The van der Waals surface area contributed by atoms with Crippen molar-refractivity contribution in [3.05, 3.63) is 57.0 Å². The van der Waals surface area contributed by atoms with E-state index >= 15 is 0 Å². The van der Waals surface area contributed by atoms with Crippen molar-refractivity contribution in [1.29, 1.82) is 0 Å². The summed E-state index contributed by atoms with van der Waals surface area (Å²) < 4.78 is 12.6. The first-order valence-corrected chi connectivity index (χ1v) is 10.6. The summed E-state index contributed by atoms with van der Waals surface area (Å²) in [6, 6.07) is 11.7. The first-order valence-electron chi connectivity index (χ1n) is 9.42. The summed E-state index contributed by atoms with van der Waals surface area (Å²) in [7, 11) is 0. The fourth-order valence-corrected chi connectivity index (χ4v) is 3.41. The molecule has 30 heavy (non-hydrogen) atoms. The molecular weight excluding hydrogens is 515 g/mol. The molecule has 2 aromatic carbocycles. The van der Waals surface area contributed by atoms with Crippen LogP contribution >= 0.6 is 52.3 Å². The van der Waals surface area contributed by atoms with Crippen molar-refractivity contribution in [1.82, 2.24) is 10.6 Å². The van der Waals surface area contributed by atoms with Crippen LogP contribution in [0, 0.1) is 0 Å². The van der Waals surface area contributed by atoms with E-state index in [4.69, 9.17) is 21.1 Å². The Labute approximate surface area is 204 Å². The molecule has 170 valence electrons. The first kappa shape index (κ1) is 29.3. The van der Waals surface area contributed by atoms with Gasteiger partial charge >= 0.3 is 0 Å². The van der Waals surface area contributed by atoms with Gasteiger partial charge in [0.2, 0.25) is 0 Å². The highest BCUT2D eigenvalue weighted by Gasteiger charge is 2.13. The minimum atomic E-state index is -0.331. The van der Waals surface area contributed by atoms with E-state index < -0.39 is 0 Å². The minimum absolute atomic E-state index is 0. The largest absolute Gasteiger partial charge is 0.490 e. The second kappa shape index (κ2) is 16.0. The second-order valence-electron chi connectivity index (χ2n) is 6.45. The third kappa shape index (κ3) is 10.1. The molecule has 0 saturated heterocycles. The Morgan fingerprint density at radius 3 is 2.47 bits per heavy atom. The number of aliphatic hydroxyl groups is 1. The van der Waals surface area contributed by atoms with E-state index in [1.165, 1.54) is 0 Å². The van der Waals surface area contributed by atoms with Gasteiger partial charge in [-0.15, -0.1) is 24.8 Å². The SMILES string of the molecule is CCOc1cc(CNCCNCC(C)O)cc(Br)c1OCc1ccccc1Cl.Cl.Cl. The van der Waals surface area contributed by atoms with E-state index in [2.05, 4.69) is 26.6 Å². The molecule has 2 aromatic rings. The van der Waals surface area contributed by atoms with Crippen LogP contribution in [0.4, 0.5) is 0 Å². The van der Waals surface area contributed by atoms with Gasteiger partial charge in [-0.25, -0.2) is 0 Å². The lowest BCUT2D eigenvalue weighted by atomic mass is 10.2. The Hall–Kier alpha value is -0.730. The third-order valence-corrected chi connectivity index (χ3v) is 4.90. The summed E-state index contributed by atoms with van der Waals surface area (Å²) in [5.74, 6) is 1.37. The molecule has 0 spiro atoms. The Balaban J connectivity index is 0.00000420. The number of aliphatic hydroxyl groups excluding tert-OH is 1. The molecule has 0 aliphatic heterocycles. The molecule has 5 nitrogen and oxygen atoms in total. The van der Waals surface area contributed by atoms with E-state index in [-0.39, 0.29) is 30.9 Å². The van der Waals surface area contributed by atoms with Gasteiger partial charge in [0, 0.05) is 36.8 Å². The molecule has 1 unspecified atom stereocenters. The van der Waals surface area contributed by atoms with Crippen LogP contribution in [-0.2, 0) is 13.2 Å². The highest BCUT2D eigenvalue weighted by molar-refractivity contribution is 9.10. The molecule has 0 aliphatic carbocycles. The van der Waals surface area contributed by atoms with E-state index in [1.54, 1.807) is 6.92 Å². The van der Waals surface area contributed by atoms with Gasteiger partial charge in [0.25, 0.3) is 0 Å². The van der Waals surface area contributed by atoms with Crippen LogP contribution < -0.4 is 20.1 Å². The Bertz CT molecular complexity index is 751. The topological polar surface area (TPSA) is 62.8 Å². The summed E-state index contributed by atoms with van der Waals surface area (Å²) in [6.45, 7) is 7.54. The van der Waals surface area contributed by atoms with Crippen molar-refractivity contribution >= 4 is 52.3 Å². The molecule has 0 fully saturated rings. The zero-order valence-electron chi connectivity index (χ0n) is 17.1. The van der Waals surface area contributed by atoms with Crippen LogP contribution in [0.25, 0.3) is 0 Å². The number of hydrogen-bond donors (Lipinski definition) is 3. The molecule has 0 bridgehead atoms. The zero-order valence-corrected chi connectivity index (χ0v) is 21.1. The van der Waals surface area contributed by atoms with Gasteiger partial charge in [-0.1, -0.05) is 29.8 Å². The van der Waals surface area contributed by atoms with Gasteiger partial charge in [-0.3, -0.25) is 0 Å². The average Bonchev–Trinajstić information content (AvgIpc) is 2.65. The first-order chi connectivity index (χ1) is 13.5. The molecular formula is C21H30BrCl3N2O3. The molecule has 0 aromatic heterocycles. The lowest BCUT2D eigenvalue weighted by molar-refractivity contribution is 0.191. The maximum Gasteiger partial charge on any atom is 0.175 e. The average molecular weight is 545 g/mol. The number of benzene rings is 2. The maximum atomic E-state index is 9.23. The smallest absolute Gasteiger partial charge is 0.175 e. The van der Waals surface area contributed by atoms with E-state index in [0.717, 1.165) is 28.7 Å². The van der Waals surface area contributed by atoms with Crippen molar-refractivity contribution in [2.75, 3.05) is 26.2 Å². The molecule has 0 aliphatic rings. The highest BCUT2D eigenvalue weighted by Crippen LogP contribution is 2.37. The van der Waals surface area contributed by atoms with Gasteiger partial charge in [0.15, 0.2) is 11.5 Å². The van der Waals surface area contributed by atoms with Crippen LogP contribution in [0.1, 0.15) is 25.0 Å². The van der Waals surface area contributed by atoms with Crippen molar-refractivity contribution < 1.29 is 14.6 Å². The molecule has 0 saturated carbocycles. The highest BCUT2D eigenvalue weighted by atomic mass is 79.9. The summed E-state index contributed by atoms with van der Waals surface area (Å²) >= 11 is 9.82. The van der Waals surface area contributed by atoms with Crippen LogP contribution in [-0.4, -0.2) is 37.5 Å². The van der Waals surface area contributed by atoms with Crippen molar-refractivity contribution in [2.45, 2.75) is 33.1 Å². The fraction of sp³-hybridized carbons (Fsp3) is 0.429. The number of rotatable bonds is 12. The molecule has 3 N–H and O–H groups in total. The van der Waals surface area contributed by atoms with Crippen LogP contribution in [0.5, 0.6) is 11.5 Å². The van der Waals surface area contributed by atoms with Gasteiger partial charge in [0.1, 0.15) is 6.61 Å². The molecule has 9 heteroatoms. The monoisotopic (exact) mass is 542 g/mol. The fourth-order valence-electron chi connectivity index (χ4n) is 2.61. The quantitative estimate of drug-likeness (QED) is 0.329. The number of ether oxygens (including phenoxy) is 2. The summed E-state index contributed by atoms with van der Waals surface area (Å²) in [4.78, 5) is 0. The van der Waals surface area contributed by atoms with Gasteiger partial charge in [-0.05, 0) is 53.5 Å². The van der Waals surface area contributed by atoms with Crippen molar-refractivity contribution in [3.8, 4) is 11.5 Å². The van der Waals surface area contributed by atoms with Gasteiger partial charge in [0.05, 0.1) is 17.2 Å². The van der Waals surface area contributed by atoms with Crippen molar-refractivity contribution in [3.63, 3.8) is 0 Å². The predicted octanol–water partition coefficient (Wildman–Crippen LogP) is 4.98. The summed E-state index contributed by atoms with van der Waals surface area (Å²) in [5.41, 5.74) is 2.02. The molecule has 2 rings (SSSR count). The van der Waals surface area contributed by atoms with E-state index in [1.807, 2.05) is 43.3 Å². The summed E-state index contributed by atoms with van der Waals surface area (Å²) in [5, 5.41) is 16.5. The van der Waals surface area contributed by atoms with Gasteiger partial charge < -0.3 is 25.2 Å². The third-order valence-electron chi connectivity index (χ3n) is 3.95. The zero-order chi connectivity index (χ0) is 20.4. The van der Waals surface area contributed by atoms with E-state index in [9.17, 15) is 5.11 Å². The predicted molar refractivity (Wildman–Crippen MR) is 132 cm³/mol. The van der Waals surface area contributed by atoms with E-state index in [0.29, 0.717) is 42.8 Å². The minimum Gasteiger partial charge on any atom is -0.490 e. The Kier molecular flexibility index (Phi) is 15.6. The summed E-state index contributed by atoms with van der Waals surface area (Å²) in [6.07, 6.45) is -0.331. The Morgan fingerprint density at radius 1 is 1.10 bits per heavy atom. The Morgan fingerprint density at radius 2 is 1.80 bits per heavy atom. The van der Waals surface area contributed by atoms with Crippen LogP contribution in [0.2, 0.25) is 5.02 Å². The molecule has 0 heterocycles. The second-order valence-corrected chi connectivity index (χ2v) is 7.71. The molecule has 0 amide bonds. The van der Waals surface area contributed by atoms with Gasteiger partial charge in [-0.2, -0.15) is 0 Å². The van der Waals surface area contributed by atoms with Crippen molar-refractivity contribution in [2.24, 2.45) is 0 Å². The maximum absolute atomic E-state index is 9.23. The molecule has 0 radical (unpaired) electrons. The standard InChI is InChI=1S/C21H28BrClN2O3.2ClH/c1-3-27-20-11-16(13-25-9-8-24-12-15(2)26)10-18(22)21(20)28-14-17-6-4-5-7-19(17)23;;/h4-7,10-11,15,24-26H,3,8-9,12-14H2,1-2H3;2*1H. The number of hydrogen-bond acceptors (Lipinski definition) is 5.